The Kier molecular flexibility index (Phi) is 7.33. The standard InChI is InChI=1S/C28H32N2O6/c1-2-3-4-5-13-29-18-7-8-19(30-14-12-16-15-17(31)6-9-20(16)32)24-23(18)27(35)25-21(33)10-11-22(34)26(25)28(24)36/h6-11,15,29-36H,2-5,12-14H2,1H3. The number of fused-ring (bicyclic) bond motifs is 2. The van der Waals surface area contributed by atoms with Gasteiger partial charge in [0.25, 0.3) is 0 Å². The van der Waals surface area contributed by atoms with Gasteiger partial charge in [0.15, 0.2) is 0 Å². The maximum absolute atomic E-state index is 11.3. The predicted octanol–water partition coefficient (Wildman–Crippen LogP) is 5.87. The van der Waals surface area contributed by atoms with E-state index in [-0.39, 0.29) is 45.3 Å². The van der Waals surface area contributed by atoms with Gasteiger partial charge in [-0.05, 0) is 60.9 Å². The molecule has 0 bridgehead atoms. The first-order valence-corrected chi connectivity index (χ1v) is 12.2. The van der Waals surface area contributed by atoms with Crippen LogP contribution in [0.3, 0.4) is 0 Å². The average molecular weight is 493 g/mol. The molecule has 0 saturated carbocycles. The van der Waals surface area contributed by atoms with E-state index < -0.39 is 0 Å². The highest BCUT2D eigenvalue weighted by Crippen LogP contribution is 2.52. The second kappa shape index (κ2) is 10.6. The number of benzene rings is 4. The molecule has 0 radical (unpaired) electrons. The number of unbranched alkanes of at least 4 members (excludes halogenated alkanes) is 3. The molecule has 0 heterocycles. The molecule has 4 aromatic rings. The number of hydrogen-bond donors (Lipinski definition) is 8. The first-order chi connectivity index (χ1) is 17.3. The van der Waals surface area contributed by atoms with E-state index in [1.54, 1.807) is 12.1 Å². The molecule has 0 aliphatic rings. The minimum Gasteiger partial charge on any atom is -0.508 e. The van der Waals surface area contributed by atoms with Gasteiger partial charge in [-0.25, -0.2) is 0 Å². The molecule has 0 fully saturated rings. The van der Waals surface area contributed by atoms with Gasteiger partial charge in [-0.3, -0.25) is 0 Å². The molecule has 0 aliphatic heterocycles. The van der Waals surface area contributed by atoms with Crippen molar-refractivity contribution in [1.29, 1.82) is 0 Å². The van der Waals surface area contributed by atoms with E-state index in [0.29, 0.717) is 47.2 Å². The van der Waals surface area contributed by atoms with E-state index in [0.717, 1.165) is 25.7 Å². The first kappa shape index (κ1) is 24.9. The van der Waals surface area contributed by atoms with Gasteiger partial charge in [0.05, 0.1) is 21.5 Å². The van der Waals surface area contributed by atoms with E-state index in [4.69, 9.17) is 0 Å². The zero-order chi connectivity index (χ0) is 25.8. The highest BCUT2D eigenvalue weighted by atomic mass is 16.3. The lowest BCUT2D eigenvalue weighted by Crippen LogP contribution is -2.07. The minimum absolute atomic E-state index is 0.0316. The van der Waals surface area contributed by atoms with Crippen molar-refractivity contribution in [2.45, 2.75) is 39.0 Å². The predicted molar refractivity (Wildman–Crippen MR) is 143 cm³/mol. The molecule has 8 N–H and O–H groups in total. The summed E-state index contributed by atoms with van der Waals surface area (Å²) >= 11 is 0. The van der Waals surface area contributed by atoms with Gasteiger partial charge in [0, 0.05) is 24.5 Å². The summed E-state index contributed by atoms with van der Waals surface area (Å²) in [5, 5.41) is 70.3. The van der Waals surface area contributed by atoms with E-state index >= 15 is 0 Å². The third-order valence-electron chi connectivity index (χ3n) is 6.43. The van der Waals surface area contributed by atoms with Crippen LogP contribution in [0.5, 0.6) is 34.5 Å². The van der Waals surface area contributed by atoms with Crippen molar-refractivity contribution in [3.05, 3.63) is 48.0 Å². The highest BCUT2D eigenvalue weighted by molar-refractivity contribution is 6.21. The SMILES string of the molecule is CCCCCCNc1ccc(NCCc2cc(O)ccc2O)c2c(O)c3c(O)ccc(O)c3c(O)c12. The summed E-state index contributed by atoms with van der Waals surface area (Å²) in [6.07, 6.45) is 4.63. The van der Waals surface area contributed by atoms with Crippen molar-refractivity contribution in [2.24, 2.45) is 0 Å². The lowest BCUT2D eigenvalue weighted by atomic mass is 9.96. The molecule has 0 aromatic heterocycles. The number of phenolic OH excluding ortho intramolecular Hbond substituents is 6. The molecular weight excluding hydrogens is 460 g/mol. The third kappa shape index (κ3) is 4.79. The van der Waals surface area contributed by atoms with Crippen LogP contribution >= 0.6 is 0 Å². The van der Waals surface area contributed by atoms with Crippen molar-refractivity contribution in [3.63, 3.8) is 0 Å². The fourth-order valence-electron chi connectivity index (χ4n) is 4.58. The summed E-state index contributed by atoms with van der Waals surface area (Å²) in [6.45, 7) is 3.16. The fourth-order valence-corrected chi connectivity index (χ4v) is 4.58. The van der Waals surface area contributed by atoms with Crippen molar-refractivity contribution in [2.75, 3.05) is 23.7 Å². The van der Waals surface area contributed by atoms with Crippen molar-refractivity contribution >= 4 is 32.9 Å². The van der Waals surface area contributed by atoms with Crippen LogP contribution in [0.15, 0.2) is 42.5 Å². The summed E-state index contributed by atoms with van der Waals surface area (Å²) < 4.78 is 0. The second-order valence-electron chi connectivity index (χ2n) is 8.94. The smallest absolute Gasteiger partial charge is 0.137 e. The molecule has 4 rings (SSSR count). The van der Waals surface area contributed by atoms with Crippen LogP contribution in [0.1, 0.15) is 38.2 Å². The Bertz CT molecular complexity index is 1400. The lowest BCUT2D eigenvalue weighted by Gasteiger charge is -2.19. The Morgan fingerprint density at radius 2 is 1.14 bits per heavy atom. The molecule has 0 atom stereocenters. The number of phenols is 6. The fraction of sp³-hybridized carbons (Fsp3) is 0.286. The molecule has 0 unspecified atom stereocenters. The summed E-state index contributed by atoms with van der Waals surface area (Å²) in [5.41, 5.74) is 1.64. The topological polar surface area (TPSA) is 145 Å². The maximum Gasteiger partial charge on any atom is 0.137 e. The van der Waals surface area contributed by atoms with Gasteiger partial charge < -0.3 is 41.3 Å². The van der Waals surface area contributed by atoms with Gasteiger partial charge in [-0.1, -0.05) is 26.2 Å². The van der Waals surface area contributed by atoms with Crippen LogP contribution in [0.2, 0.25) is 0 Å². The number of hydrogen-bond acceptors (Lipinski definition) is 8. The van der Waals surface area contributed by atoms with E-state index in [1.807, 2.05) is 0 Å². The summed E-state index contributed by atoms with van der Waals surface area (Å²) in [7, 11) is 0. The largest absolute Gasteiger partial charge is 0.508 e. The number of aromatic hydroxyl groups is 6. The van der Waals surface area contributed by atoms with Crippen LogP contribution < -0.4 is 10.6 Å². The summed E-state index contributed by atoms with van der Waals surface area (Å²) in [4.78, 5) is 0. The molecule has 0 saturated heterocycles. The van der Waals surface area contributed by atoms with E-state index in [1.165, 1.54) is 30.3 Å². The van der Waals surface area contributed by atoms with Crippen LogP contribution in [0, 0.1) is 0 Å². The Balaban J connectivity index is 1.77. The molecule has 0 spiro atoms. The quantitative estimate of drug-likeness (QED) is 0.0779. The highest BCUT2D eigenvalue weighted by Gasteiger charge is 2.23. The van der Waals surface area contributed by atoms with Gasteiger partial charge in [0.1, 0.15) is 34.5 Å². The lowest BCUT2D eigenvalue weighted by molar-refractivity contribution is 0.451. The maximum atomic E-state index is 11.3. The molecular formula is C28H32N2O6. The van der Waals surface area contributed by atoms with E-state index in [9.17, 15) is 30.6 Å². The van der Waals surface area contributed by atoms with Crippen LogP contribution in [0.4, 0.5) is 11.4 Å². The average Bonchev–Trinajstić information content (AvgIpc) is 2.86. The molecule has 0 aliphatic carbocycles. The molecule has 8 nitrogen and oxygen atoms in total. The Morgan fingerprint density at radius 1 is 0.583 bits per heavy atom. The number of rotatable bonds is 10. The van der Waals surface area contributed by atoms with Crippen LogP contribution in [-0.2, 0) is 6.42 Å². The summed E-state index contributed by atoms with van der Waals surface area (Å²) in [5.74, 6) is -0.948. The van der Waals surface area contributed by atoms with Crippen molar-refractivity contribution < 1.29 is 30.6 Å². The van der Waals surface area contributed by atoms with Gasteiger partial charge in [0.2, 0.25) is 0 Å². The monoisotopic (exact) mass is 492 g/mol. The van der Waals surface area contributed by atoms with Crippen LogP contribution in [-0.4, -0.2) is 43.7 Å². The van der Waals surface area contributed by atoms with Gasteiger partial charge in [-0.15, -0.1) is 0 Å². The van der Waals surface area contributed by atoms with Crippen LogP contribution in [0.25, 0.3) is 21.5 Å². The molecule has 4 aromatic carbocycles. The zero-order valence-corrected chi connectivity index (χ0v) is 20.2. The molecule has 0 amide bonds. The van der Waals surface area contributed by atoms with Crippen molar-refractivity contribution in [1.82, 2.24) is 0 Å². The molecule has 36 heavy (non-hydrogen) atoms. The third-order valence-corrected chi connectivity index (χ3v) is 6.43. The van der Waals surface area contributed by atoms with Gasteiger partial charge in [-0.2, -0.15) is 0 Å². The second-order valence-corrected chi connectivity index (χ2v) is 8.94. The normalized spacial score (nSPS) is 11.2. The van der Waals surface area contributed by atoms with Crippen molar-refractivity contribution in [3.8, 4) is 34.5 Å². The molecule has 8 heteroatoms. The first-order valence-electron chi connectivity index (χ1n) is 12.2. The minimum atomic E-state index is -0.275. The number of nitrogens with one attached hydrogen (secondary N) is 2. The Hall–Kier alpha value is -4.20. The summed E-state index contributed by atoms with van der Waals surface area (Å²) in [6, 6.07) is 10.4. The van der Waals surface area contributed by atoms with E-state index in [2.05, 4.69) is 17.6 Å². The Morgan fingerprint density at radius 3 is 1.72 bits per heavy atom. The Labute approximate surface area is 209 Å². The van der Waals surface area contributed by atoms with Gasteiger partial charge >= 0.3 is 0 Å². The number of anilines is 2. The molecule has 190 valence electrons. The zero-order valence-electron chi connectivity index (χ0n) is 20.2.